The molecule has 0 saturated carbocycles. The maximum Gasteiger partial charge on any atom is 0.305 e. The van der Waals surface area contributed by atoms with Gasteiger partial charge >= 0.3 is 5.97 Å². The SMILES string of the molecule is COC(=O)CCc1nc(Cc2ccc(OCc3nc(-c4ccccc4)oc3C)cc2)oc1-c1ccccc1. The summed E-state index contributed by atoms with van der Waals surface area (Å²) in [7, 11) is 1.39. The number of methoxy groups -OCH3 is 1. The van der Waals surface area contributed by atoms with E-state index in [0.717, 1.165) is 39.6 Å². The molecular weight excluding hydrogens is 480 g/mol. The fourth-order valence-corrected chi connectivity index (χ4v) is 4.08. The van der Waals surface area contributed by atoms with Crippen molar-refractivity contribution < 1.29 is 23.1 Å². The van der Waals surface area contributed by atoms with E-state index in [1.54, 1.807) is 0 Å². The van der Waals surface area contributed by atoms with Crippen LogP contribution in [0.1, 0.15) is 35.0 Å². The lowest BCUT2D eigenvalue weighted by Gasteiger charge is -2.05. The zero-order chi connectivity index (χ0) is 26.3. The Kier molecular flexibility index (Phi) is 7.64. The van der Waals surface area contributed by atoms with Gasteiger partial charge in [0.05, 0.1) is 19.2 Å². The Balaban J connectivity index is 1.25. The Hall–Kier alpha value is -4.65. The number of oxazole rings is 2. The summed E-state index contributed by atoms with van der Waals surface area (Å²) >= 11 is 0. The molecule has 0 saturated heterocycles. The van der Waals surface area contributed by atoms with Crippen molar-refractivity contribution in [3.05, 3.63) is 114 Å². The third-order valence-electron chi connectivity index (χ3n) is 6.14. The molecular formula is C31H28N2O5. The summed E-state index contributed by atoms with van der Waals surface area (Å²) in [6.45, 7) is 2.20. The number of rotatable bonds is 10. The van der Waals surface area contributed by atoms with Crippen molar-refractivity contribution in [2.24, 2.45) is 0 Å². The van der Waals surface area contributed by atoms with E-state index in [0.29, 0.717) is 37.0 Å². The lowest BCUT2D eigenvalue weighted by molar-refractivity contribution is -0.140. The molecule has 0 atom stereocenters. The normalized spacial score (nSPS) is 10.9. The first-order valence-corrected chi connectivity index (χ1v) is 12.4. The monoisotopic (exact) mass is 508 g/mol. The molecule has 5 rings (SSSR count). The van der Waals surface area contributed by atoms with Gasteiger partial charge in [0, 0.05) is 24.0 Å². The lowest BCUT2D eigenvalue weighted by atomic mass is 10.1. The lowest BCUT2D eigenvalue weighted by Crippen LogP contribution is -2.03. The topological polar surface area (TPSA) is 87.6 Å². The van der Waals surface area contributed by atoms with Crippen molar-refractivity contribution in [2.45, 2.75) is 32.8 Å². The average Bonchev–Trinajstić information content (AvgIpc) is 3.55. The second-order valence-electron chi connectivity index (χ2n) is 8.82. The molecule has 0 unspecified atom stereocenters. The van der Waals surface area contributed by atoms with Gasteiger partial charge in [0.1, 0.15) is 23.8 Å². The standard InChI is InChI=1S/C31H28N2O5/c1-21-27(33-31(37-21)24-11-7-4-8-12-24)20-36-25-15-13-22(14-16-25)19-28-32-26(17-18-29(34)35-2)30(38-28)23-9-5-3-6-10-23/h3-16H,17-20H2,1-2H3. The number of nitrogens with zero attached hydrogens (tertiary/aromatic N) is 2. The molecule has 7 nitrogen and oxygen atoms in total. The van der Waals surface area contributed by atoms with Crippen LogP contribution in [0.5, 0.6) is 5.75 Å². The molecule has 38 heavy (non-hydrogen) atoms. The van der Waals surface area contributed by atoms with Gasteiger partial charge in [-0.2, -0.15) is 0 Å². The summed E-state index contributed by atoms with van der Waals surface area (Å²) in [5, 5.41) is 0. The van der Waals surface area contributed by atoms with Gasteiger partial charge in [-0.1, -0.05) is 60.7 Å². The minimum Gasteiger partial charge on any atom is -0.487 e. The fraction of sp³-hybridized carbons (Fsp3) is 0.194. The van der Waals surface area contributed by atoms with Crippen LogP contribution in [0.2, 0.25) is 0 Å². The van der Waals surface area contributed by atoms with Crippen LogP contribution in [-0.2, 0) is 29.0 Å². The Morgan fingerprint density at radius 3 is 2.18 bits per heavy atom. The smallest absolute Gasteiger partial charge is 0.305 e. The molecule has 0 spiro atoms. The van der Waals surface area contributed by atoms with Gasteiger partial charge in [0.2, 0.25) is 5.89 Å². The number of aromatic nitrogens is 2. The third kappa shape index (κ3) is 6.00. The highest BCUT2D eigenvalue weighted by atomic mass is 16.5. The average molecular weight is 509 g/mol. The van der Waals surface area contributed by atoms with Crippen LogP contribution in [-0.4, -0.2) is 23.0 Å². The van der Waals surface area contributed by atoms with Crippen LogP contribution < -0.4 is 4.74 Å². The van der Waals surface area contributed by atoms with E-state index in [1.165, 1.54) is 7.11 Å². The highest BCUT2D eigenvalue weighted by Gasteiger charge is 2.17. The third-order valence-corrected chi connectivity index (χ3v) is 6.14. The molecule has 0 fully saturated rings. The minimum absolute atomic E-state index is 0.242. The summed E-state index contributed by atoms with van der Waals surface area (Å²) in [5.74, 6) is 3.05. The zero-order valence-electron chi connectivity index (χ0n) is 21.3. The highest BCUT2D eigenvalue weighted by molar-refractivity contribution is 5.70. The first kappa shape index (κ1) is 25.0. The Morgan fingerprint density at radius 1 is 0.816 bits per heavy atom. The quantitative estimate of drug-likeness (QED) is 0.197. The second kappa shape index (κ2) is 11.6. The van der Waals surface area contributed by atoms with Gasteiger partial charge in [0.25, 0.3) is 0 Å². The fourth-order valence-electron chi connectivity index (χ4n) is 4.08. The summed E-state index contributed by atoms with van der Waals surface area (Å²) in [6.07, 6.45) is 1.20. The molecule has 7 heteroatoms. The molecule has 0 aliphatic heterocycles. The molecule has 0 radical (unpaired) electrons. The molecule has 0 N–H and O–H groups in total. The van der Waals surface area contributed by atoms with Gasteiger partial charge in [-0.05, 0) is 36.8 Å². The van der Waals surface area contributed by atoms with E-state index < -0.39 is 0 Å². The molecule has 0 bridgehead atoms. The van der Waals surface area contributed by atoms with E-state index in [-0.39, 0.29) is 12.4 Å². The summed E-state index contributed by atoms with van der Waals surface area (Å²) in [6, 6.07) is 27.4. The number of ether oxygens (including phenoxy) is 2. The molecule has 0 aliphatic carbocycles. The number of esters is 1. The molecule has 0 aliphatic rings. The zero-order valence-corrected chi connectivity index (χ0v) is 21.3. The predicted molar refractivity (Wildman–Crippen MR) is 143 cm³/mol. The molecule has 2 heterocycles. The van der Waals surface area contributed by atoms with Crippen molar-refractivity contribution in [3.63, 3.8) is 0 Å². The summed E-state index contributed by atoms with van der Waals surface area (Å²) in [5.41, 5.74) is 4.40. The van der Waals surface area contributed by atoms with E-state index in [9.17, 15) is 4.79 Å². The van der Waals surface area contributed by atoms with E-state index in [2.05, 4.69) is 4.98 Å². The van der Waals surface area contributed by atoms with Crippen LogP contribution in [0.15, 0.2) is 93.8 Å². The minimum atomic E-state index is -0.277. The maximum absolute atomic E-state index is 11.7. The Labute approximate surface area is 221 Å². The van der Waals surface area contributed by atoms with Crippen LogP contribution in [0.3, 0.4) is 0 Å². The summed E-state index contributed by atoms with van der Waals surface area (Å²) in [4.78, 5) is 21.0. The first-order valence-electron chi connectivity index (χ1n) is 12.4. The molecule has 5 aromatic rings. The van der Waals surface area contributed by atoms with E-state index >= 15 is 0 Å². The molecule has 0 amide bonds. The van der Waals surface area contributed by atoms with Crippen LogP contribution in [0.25, 0.3) is 22.8 Å². The largest absolute Gasteiger partial charge is 0.487 e. The van der Waals surface area contributed by atoms with Gasteiger partial charge in [0.15, 0.2) is 11.7 Å². The number of benzene rings is 3. The predicted octanol–water partition coefficient (Wildman–Crippen LogP) is 6.58. The number of carbonyl (C=O) groups is 1. The Bertz CT molecular complexity index is 1490. The number of hydrogen-bond acceptors (Lipinski definition) is 7. The van der Waals surface area contributed by atoms with Crippen molar-refractivity contribution >= 4 is 5.97 Å². The van der Waals surface area contributed by atoms with Crippen LogP contribution >= 0.6 is 0 Å². The number of carbonyl (C=O) groups excluding carboxylic acids is 1. The van der Waals surface area contributed by atoms with Crippen molar-refractivity contribution in [2.75, 3.05) is 7.11 Å². The second-order valence-corrected chi connectivity index (χ2v) is 8.82. The maximum atomic E-state index is 11.7. The highest BCUT2D eigenvalue weighted by Crippen LogP contribution is 2.28. The number of aryl methyl sites for hydroxylation is 2. The van der Waals surface area contributed by atoms with E-state index in [4.69, 9.17) is 23.3 Å². The van der Waals surface area contributed by atoms with Gasteiger partial charge in [-0.3, -0.25) is 4.79 Å². The van der Waals surface area contributed by atoms with Crippen molar-refractivity contribution in [3.8, 4) is 28.5 Å². The van der Waals surface area contributed by atoms with E-state index in [1.807, 2.05) is 91.9 Å². The van der Waals surface area contributed by atoms with Gasteiger partial charge < -0.3 is 18.3 Å². The molecule has 192 valence electrons. The van der Waals surface area contributed by atoms with Crippen molar-refractivity contribution in [1.82, 2.24) is 9.97 Å². The summed E-state index contributed by atoms with van der Waals surface area (Å²) < 4.78 is 22.7. The first-order chi connectivity index (χ1) is 18.6. The molecule has 2 aromatic heterocycles. The van der Waals surface area contributed by atoms with Crippen LogP contribution in [0.4, 0.5) is 0 Å². The van der Waals surface area contributed by atoms with Crippen molar-refractivity contribution in [1.29, 1.82) is 0 Å². The van der Waals surface area contributed by atoms with Gasteiger partial charge in [-0.15, -0.1) is 0 Å². The number of hydrogen-bond donors (Lipinski definition) is 0. The van der Waals surface area contributed by atoms with Crippen LogP contribution in [0, 0.1) is 6.92 Å². The molecule has 3 aromatic carbocycles. The van der Waals surface area contributed by atoms with Gasteiger partial charge in [-0.25, -0.2) is 9.97 Å². The Morgan fingerprint density at radius 2 is 1.50 bits per heavy atom.